The van der Waals surface area contributed by atoms with Gasteiger partial charge < -0.3 is 9.80 Å². The molecule has 0 N–H and O–H groups in total. The van der Waals surface area contributed by atoms with Crippen molar-refractivity contribution in [2.75, 3.05) is 38.1 Å². The lowest BCUT2D eigenvalue weighted by atomic mass is 10.3. The fraction of sp³-hybridized carbons (Fsp3) is 0.438. The Labute approximate surface area is 120 Å². The Kier molecular flexibility index (Phi) is 3.74. The number of imidazole rings is 1. The zero-order valence-electron chi connectivity index (χ0n) is 12.3. The van der Waals surface area contributed by atoms with Gasteiger partial charge in [-0.25, -0.2) is 4.98 Å². The first-order valence-corrected chi connectivity index (χ1v) is 7.36. The van der Waals surface area contributed by atoms with E-state index in [-0.39, 0.29) is 0 Å². The number of rotatable bonds is 3. The van der Waals surface area contributed by atoms with E-state index in [4.69, 9.17) is 0 Å². The quantitative estimate of drug-likeness (QED) is 0.856. The van der Waals surface area contributed by atoms with Crippen molar-refractivity contribution in [3.63, 3.8) is 0 Å². The number of piperazine rings is 1. The first-order valence-electron chi connectivity index (χ1n) is 7.36. The van der Waals surface area contributed by atoms with Crippen LogP contribution in [0.15, 0.2) is 30.5 Å². The summed E-state index contributed by atoms with van der Waals surface area (Å²) in [6.07, 6.45) is 7.42. The van der Waals surface area contributed by atoms with Crippen LogP contribution in [0.1, 0.15) is 19.0 Å². The highest BCUT2D eigenvalue weighted by Crippen LogP contribution is 2.19. The van der Waals surface area contributed by atoms with E-state index in [1.165, 1.54) is 5.82 Å². The van der Waals surface area contributed by atoms with Crippen molar-refractivity contribution in [3.8, 4) is 0 Å². The monoisotopic (exact) mass is 270 g/mol. The molecule has 0 unspecified atom stereocenters. The number of likely N-dealkylation sites (N-methyl/N-ethyl adjacent to an activating group) is 1. The van der Waals surface area contributed by atoms with E-state index in [0.717, 1.165) is 43.9 Å². The Bertz CT molecular complexity index is 606. The van der Waals surface area contributed by atoms with Gasteiger partial charge in [-0.3, -0.25) is 4.40 Å². The van der Waals surface area contributed by atoms with Gasteiger partial charge in [-0.05, 0) is 31.7 Å². The topological polar surface area (TPSA) is 23.8 Å². The van der Waals surface area contributed by atoms with Crippen LogP contribution in [-0.4, -0.2) is 47.5 Å². The lowest BCUT2D eigenvalue weighted by Crippen LogP contribution is -2.45. The van der Waals surface area contributed by atoms with Crippen LogP contribution in [0.4, 0.5) is 5.82 Å². The van der Waals surface area contributed by atoms with Gasteiger partial charge in [-0.2, -0.15) is 0 Å². The molecule has 1 aliphatic rings. The molecule has 2 aromatic rings. The van der Waals surface area contributed by atoms with Crippen LogP contribution < -0.4 is 4.90 Å². The molecule has 1 aliphatic heterocycles. The first kappa shape index (κ1) is 13.2. The molecular weight excluding hydrogens is 248 g/mol. The first-order chi connectivity index (χ1) is 9.78. The van der Waals surface area contributed by atoms with E-state index in [1.54, 1.807) is 0 Å². The molecule has 1 fully saturated rings. The number of aromatic nitrogens is 2. The smallest absolute Gasteiger partial charge is 0.138 e. The van der Waals surface area contributed by atoms with Crippen LogP contribution in [0.3, 0.4) is 0 Å². The molecule has 106 valence electrons. The molecule has 3 heterocycles. The summed E-state index contributed by atoms with van der Waals surface area (Å²) in [4.78, 5) is 9.48. The highest BCUT2D eigenvalue weighted by molar-refractivity contribution is 5.57. The van der Waals surface area contributed by atoms with Crippen LogP contribution in [-0.2, 0) is 0 Å². The van der Waals surface area contributed by atoms with Gasteiger partial charge in [-0.1, -0.05) is 19.1 Å². The Morgan fingerprint density at radius 3 is 2.75 bits per heavy atom. The Balaban J connectivity index is 1.94. The molecule has 0 aromatic carbocycles. The summed E-state index contributed by atoms with van der Waals surface area (Å²) < 4.78 is 2.21. The maximum atomic E-state index is 4.66. The lowest BCUT2D eigenvalue weighted by Gasteiger charge is -2.34. The molecule has 3 rings (SSSR count). The average Bonchev–Trinajstić information content (AvgIpc) is 2.89. The summed E-state index contributed by atoms with van der Waals surface area (Å²) >= 11 is 0. The largest absolute Gasteiger partial charge is 0.355 e. The number of anilines is 1. The lowest BCUT2D eigenvalue weighted by molar-refractivity contribution is 0.312. The average molecular weight is 270 g/mol. The van der Waals surface area contributed by atoms with Gasteiger partial charge in [0.15, 0.2) is 0 Å². The van der Waals surface area contributed by atoms with Gasteiger partial charge in [0.05, 0.1) is 5.69 Å². The third-order valence-corrected chi connectivity index (χ3v) is 3.84. The minimum atomic E-state index is 1.03. The molecule has 0 atom stereocenters. The molecule has 4 heteroatoms. The predicted octanol–water partition coefficient (Wildman–Crippen LogP) is 2.51. The summed E-state index contributed by atoms with van der Waals surface area (Å²) in [5.74, 6) is 1.25. The molecule has 2 aromatic heterocycles. The fourth-order valence-electron chi connectivity index (χ4n) is 2.63. The van der Waals surface area contributed by atoms with Crippen molar-refractivity contribution in [1.82, 2.24) is 14.3 Å². The minimum Gasteiger partial charge on any atom is -0.355 e. The van der Waals surface area contributed by atoms with Crippen molar-refractivity contribution >= 4 is 17.5 Å². The highest BCUT2D eigenvalue weighted by Gasteiger charge is 2.16. The molecule has 0 saturated carbocycles. The third kappa shape index (κ3) is 2.56. The van der Waals surface area contributed by atoms with E-state index < -0.39 is 0 Å². The van der Waals surface area contributed by atoms with Gasteiger partial charge in [-0.15, -0.1) is 0 Å². The highest BCUT2D eigenvalue weighted by atomic mass is 15.3. The normalized spacial score (nSPS) is 17.4. The summed E-state index contributed by atoms with van der Waals surface area (Å²) in [5.41, 5.74) is 2.06. The van der Waals surface area contributed by atoms with E-state index in [1.807, 2.05) is 0 Å². The zero-order chi connectivity index (χ0) is 13.9. The van der Waals surface area contributed by atoms with Crippen LogP contribution in [0.5, 0.6) is 0 Å². The Hall–Kier alpha value is -1.81. The van der Waals surface area contributed by atoms with Crippen LogP contribution >= 0.6 is 0 Å². The van der Waals surface area contributed by atoms with Gasteiger partial charge >= 0.3 is 0 Å². The Morgan fingerprint density at radius 1 is 1.20 bits per heavy atom. The molecule has 1 saturated heterocycles. The number of allylic oxidation sites excluding steroid dienone is 1. The molecule has 0 aliphatic carbocycles. The molecule has 4 nitrogen and oxygen atoms in total. The number of pyridine rings is 1. The second-order valence-electron chi connectivity index (χ2n) is 5.38. The van der Waals surface area contributed by atoms with Gasteiger partial charge in [0.2, 0.25) is 0 Å². The zero-order valence-corrected chi connectivity index (χ0v) is 12.3. The second kappa shape index (κ2) is 5.67. The number of hydrogen-bond acceptors (Lipinski definition) is 3. The van der Waals surface area contributed by atoms with Crippen LogP contribution in [0.2, 0.25) is 0 Å². The number of hydrogen-bond donors (Lipinski definition) is 0. The molecular formula is C16H22N4. The van der Waals surface area contributed by atoms with Gasteiger partial charge in [0.25, 0.3) is 0 Å². The van der Waals surface area contributed by atoms with E-state index in [9.17, 15) is 0 Å². The summed E-state index contributed by atoms with van der Waals surface area (Å²) in [7, 11) is 2.18. The molecule has 0 radical (unpaired) electrons. The SMILES string of the molecule is CC/C=C/c1cn2c(N3CCN(C)CC3)cccc2n1. The van der Waals surface area contributed by atoms with Crippen molar-refractivity contribution in [3.05, 3.63) is 36.2 Å². The van der Waals surface area contributed by atoms with E-state index in [2.05, 4.69) is 69.7 Å². The standard InChI is InChI=1S/C16H22N4/c1-3-4-6-14-13-20-15(17-14)7-5-8-16(20)19-11-9-18(2)10-12-19/h4-8,13H,3,9-12H2,1-2H3/b6-4+. The van der Waals surface area contributed by atoms with Gasteiger partial charge in [0, 0.05) is 32.4 Å². The maximum Gasteiger partial charge on any atom is 0.138 e. The molecule has 0 spiro atoms. The van der Waals surface area contributed by atoms with Crippen LogP contribution in [0, 0.1) is 0 Å². The number of fused-ring (bicyclic) bond motifs is 1. The molecule has 0 amide bonds. The Morgan fingerprint density at radius 2 is 2.00 bits per heavy atom. The van der Waals surface area contributed by atoms with Gasteiger partial charge in [0.1, 0.15) is 11.5 Å². The predicted molar refractivity (Wildman–Crippen MR) is 84.2 cm³/mol. The molecule has 0 bridgehead atoms. The third-order valence-electron chi connectivity index (χ3n) is 3.84. The fourth-order valence-corrected chi connectivity index (χ4v) is 2.63. The second-order valence-corrected chi connectivity index (χ2v) is 5.38. The molecule has 20 heavy (non-hydrogen) atoms. The minimum absolute atomic E-state index is 1.03. The van der Waals surface area contributed by atoms with Crippen molar-refractivity contribution in [2.24, 2.45) is 0 Å². The van der Waals surface area contributed by atoms with Crippen molar-refractivity contribution in [2.45, 2.75) is 13.3 Å². The van der Waals surface area contributed by atoms with Crippen LogP contribution in [0.25, 0.3) is 11.7 Å². The summed E-state index contributed by atoms with van der Waals surface area (Å²) in [6, 6.07) is 6.36. The van der Waals surface area contributed by atoms with Crippen molar-refractivity contribution < 1.29 is 0 Å². The van der Waals surface area contributed by atoms with Crippen molar-refractivity contribution in [1.29, 1.82) is 0 Å². The van der Waals surface area contributed by atoms with E-state index in [0.29, 0.717) is 0 Å². The number of nitrogens with zero attached hydrogens (tertiary/aromatic N) is 4. The van der Waals surface area contributed by atoms with E-state index >= 15 is 0 Å². The maximum absolute atomic E-state index is 4.66. The summed E-state index contributed by atoms with van der Waals surface area (Å²) in [5, 5.41) is 0. The summed E-state index contributed by atoms with van der Waals surface area (Å²) in [6.45, 7) is 6.53.